The summed E-state index contributed by atoms with van der Waals surface area (Å²) in [4.78, 5) is 8.55. The van der Waals surface area contributed by atoms with Gasteiger partial charge in [0.05, 0.1) is 16.3 Å². The maximum absolute atomic E-state index is 5.28. The minimum atomic E-state index is 0.641. The first-order valence-corrected chi connectivity index (χ1v) is 4.98. The van der Waals surface area contributed by atoms with Crippen molar-refractivity contribution in [3.63, 3.8) is 0 Å². The molecule has 0 atom stereocenters. The summed E-state index contributed by atoms with van der Waals surface area (Å²) in [6.07, 6.45) is 0. The second kappa shape index (κ2) is 3.30. The summed E-state index contributed by atoms with van der Waals surface area (Å²) >= 11 is 1.65. The standard InChI is InChI=1S/C9H10N2OS/c1-3-12-8-5-4-7-9(11-8)10-6(2)13-7/h4-5H,3H2,1-2H3. The van der Waals surface area contributed by atoms with Crippen molar-refractivity contribution in [2.24, 2.45) is 0 Å². The maximum Gasteiger partial charge on any atom is 0.215 e. The first-order chi connectivity index (χ1) is 6.29. The van der Waals surface area contributed by atoms with Crippen LogP contribution in [-0.4, -0.2) is 16.6 Å². The number of ether oxygens (including phenoxy) is 1. The Labute approximate surface area is 80.4 Å². The predicted molar refractivity (Wildman–Crippen MR) is 53.3 cm³/mol. The van der Waals surface area contributed by atoms with Crippen molar-refractivity contribution < 1.29 is 4.74 Å². The van der Waals surface area contributed by atoms with E-state index in [4.69, 9.17) is 4.74 Å². The van der Waals surface area contributed by atoms with Gasteiger partial charge in [-0.15, -0.1) is 11.3 Å². The van der Waals surface area contributed by atoms with Crippen LogP contribution in [0, 0.1) is 6.92 Å². The van der Waals surface area contributed by atoms with Gasteiger partial charge in [0.15, 0.2) is 5.65 Å². The fourth-order valence-electron chi connectivity index (χ4n) is 1.14. The number of fused-ring (bicyclic) bond motifs is 1. The first kappa shape index (κ1) is 8.44. The molecule has 0 saturated carbocycles. The summed E-state index contributed by atoms with van der Waals surface area (Å²) in [6, 6.07) is 3.88. The molecule has 0 aliphatic heterocycles. The highest BCUT2D eigenvalue weighted by Gasteiger charge is 2.02. The summed E-state index contributed by atoms with van der Waals surface area (Å²) in [5, 5.41) is 1.04. The van der Waals surface area contributed by atoms with Crippen LogP contribution in [0.5, 0.6) is 5.88 Å². The summed E-state index contributed by atoms with van der Waals surface area (Å²) in [6.45, 7) is 4.56. The van der Waals surface area contributed by atoms with Gasteiger partial charge in [0, 0.05) is 6.07 Å². The molecule has 0 spiro atoms. The van der Waals surface area contributed by atoms with Crippen LogP contribution in [0.4, 0.5) is 0 Å². The Morgan fingerprint density at radius 1 is 1.38 bits per heavy atom. The number of rotatable bonds is 2. The zero-order valence-corrected chi connectivity index (χ0v) is 8.39. The van der Waals surface area contributed by atoms with Crippen molar-refractivity contribution in [3.05, 3.63) is 17.1 Å². The minimum Gasteiger partial charge on any atom is -0.478 e. The van der Waals surface area contributed by atoms with Gasteiger partial charge < -0.3 is 4.74 Å². The van der Waals surface area contributed by atoms with Crippen LogP contribution < -0.4 is 4.74 Å². The van der Waals surface area contributed by atoms with Gasteiger partial charge in [0.1, 0.15) is 0 Å². The third kappa shape index (κ3) is 1.62. The molecule has 0 aromatic carbocycles. The Bertz CT molecular complexity index is 424. The van der Waals surface area contributed by atoms with Crippen molar-refractivity contribution in [3.8, 4) is 5.88 Å². The lowest BCUT2D eigenvalue weighted by molar-refractivity contribution is 0.328. The Hall–Kier alpha value is -1.16. The van der Waals surface area contributed by atoms with Gasteiger partial charge in [0.2, 0.25) is 5.88 Å². The Morgan fingerprint density at radius 2 is 2.23 bits per heavy atom. The molecular weight excluding hydrogens is 184 g/mol. The summed E-state index contributed by atoms with van der Waals surface area (Å²) in [5.41, 5.74) is 0.786. The van der Waals surface area contributed by atoms with Crippen LogP contribution in [0.15, 0.2) is 12.1 Å². The number of aromatic nitrogens is 2. The zero-order valence-electron chi connectivity index (χ0n) is 7.57. The van der Waals surface area contributed by atoms with Gasteiger partial charge in [-0.1, -0.05) is 0 Å². The number of pyridine rings is 1. The largest absolute Gasteiger partial charge is 0.478 e. The van der Waals surface area contributed by atoms with Gasteiger partial charge in [-0.25, -0.2) is 4.98 Å². The van der Waals surface area contributed by atoms with Gasteiger partial charge in [-0.2, -0.15) is 4.98 Å². The van der Waals surface area contributed by atoms with Crippen molar-refractivity contribution in [1.29, 1.82) is 0 Å². The van der Waals surface area contributed by atoms with Crippen molar-refractivity contribution >= 4 is 21.7 Å². The van der Waals surface area contributed by atoms with Crippen molar-refractivity contribution in [1.82, 2.24) is 9.97 Å². The molecule has 0 amide bonds. The highest BCUT2D eigenvalue weighted by Crippen LogP contribution is 2.22. The minimum absolute atomic E-state index is 0.641. The van der Waals surface area contributed by atoms with E-state index in [1.165, 1.54) is 0 Å². The van der Waals surface area contributed by atoms with E-state index >= 15 is 0 Å². The highest BCUT2D eigenvalue weighted by molar-refractivity contribution is 7.18. The number of hydrogen-bond donors (Lipinski definition) is 0. The van der Waals surface area contributed by atoms with Crippen LogP contribution in [0.1, 0.15) is 11.9 Å². The molecule has 2 heterocycles. The zero-order chi connectivity index (χ0) is 9.26. The van der Waals surface area contributed by atoms with E-state index in [2.05, 4.69) is 9.97 Å². The van der Waals surface area contributed by atoms with E-state index < -0.39 is 0 Å². The Kier molecular flexibility index (Phi) is 2.14. The molecule has 13 heavy (non-hydrogen) atoms. The smallest absolute Gasteiger partial charge is 0.215 e. The third-order valence-electron chi connectivity index (χ3n) is 1.63. The lowest BCUT2D eigenvalue weighted by Crippen LogP contribution is -1.93. The molecule has 4 heteroatoms. The Morgan fingerprint density at radius 3 is 3.00 bits per heavy atom. The second-order valence-corrected chi connectivity index (χ2v) is 3.87. The van der Waals surface area contributed by atoms with E-state index in [0.717, 1.165) is 15.4 Å². The molecule has 0 saturated heterocycles. The number of hydrogen-bond acceptors (Lipinski definition) is 4. The fraction of sp³-hybridized carbons (Fsp3) is 0.333. The van der Waals surface area contributed by atoms with Crippen LogP contribution >= 0.6 is 11.3 Å². The van der Waals surface area contributed by atoms with Crippen molar-refractivity contribution in [2.75, 3.05) is 6.61 Å². The molecule has 0 fully saturated rings. The number of thiazole rings is 1. The first-order valence-electron chi connectivity index (χ1n) is 4.16. The Balaban J connectivity index is 2.48. The lowest BCUT2D eigenvalue weighted by atomic mass is 10.5. The van der Waals surface area contributed by atoms with Gasteiger partial charge >= 0.3 is 0 Å². The van der Waals surface area contributed by atoms with Crippen LogP contribution in [0.3, 0.4) is 0 Å². The quantitative estimate of drug-likeness (QED) is 0.736. The van der Waals surface area contributed by atoms with E-state index in [9.17, 15) is 0 Å². The average molecular weight is 194 g/mol. The predicted octanol–water partition coefficient (Wildman–Crippen LogP) is 2.40. The molecule has 0 radical (unpaired) electrons. The van der Waals surface area contributed by atoms with Gasteiger partial charge in [-0.3, -0.25) is 0 Å². The summed E-state index contributed by atoms with van der Waals surface area (Å²) in [5.74, 6) is 0.653. The number of aryl methyl sites for hydroxylation is 1. The fourth-order valence-corrected chi connectivity index (χ4v) is 1.91. The monoisotopic (exact) mass is 194 g/mol. The highest BCUT2D eigenvalue weighted by atomic mass is 32.1. The van der Waals surface area contributed by atoms with Crippen LogP contribution in [0.2, 0.25) is 0 Å². The molecule has 0 unspecified atom stereocenters. The number of nitrogens with zero attached hydrogens (tertiary/aromatic N) is 2. The SMILES string of the molecule is CCOc1ccc2sc(C)nc2n1. The van der Waals surface area contributed by atoms with E-state index in [-0.39, 0.29) is 0 Å². The topological polar surface area (TPSA) is 35.0 Å². The normalized spacial score (nSPS) is 10.6. The average Bonchev–Trinajstić information content (AvgIpc) is 2.44. The molecule has 68 valence electrons. The molecule has 2 rings (SSSR count). The summed E-state index contributed by atoms with van der Waals surface area (Å²) < 4.78 is 6.39. The molecule has 0 aliphatic rings. The van der Waals surface area contributed by atoms with Crippen LogP contribution in [0.25, 0.3) is 10.3 Å². The molecular formula is C9H10N2OS. The van der Waals surface area contributed by atoms with Crippen LogP contribution in [-0.2, 0) is 0 Å². The van der Waals surface area contributed by atoms with Crippen molar-refractivity contribution in [2.45, 2.75) is 13.8 Å². The molecule has 0 N–H and O–H groups in total. The van der Waals surface area contributed by atoms with Gasteiger partial charge in [0.25, 0.3) is 0 Å². The third-order valence-corrected chi connectivity index (χ3v) is 2.55. The molecule has 3 nitrogen and oxygen atoms in total. The van der Waals surface area contributed by atoms with E-state index in [1.807, 2.05) is 26.0 Å². The maximum atomic E-state index is 5.28. The van der Waals surface area contributed by atoms with E-state index in [1.54, 1.807) is 11.3 Å². The molecule has 2 aromatic rings. The molecule has 0 bridgehead atoms. The summed E-state index contributed by atoms with van der Waals surface area (Å²) in [7, 11) is 0. The lowest BCUT2D eigenvalue weighted by Gasteiger charge is -1.99. The second-order valence-electron chi connectivity index (χ2n) is 2.64. The molecule has 2 aromatic heterocycles. The van der Waals surface area contributed by atoms with E-state index in [0.29, 0.717) is 12.5 Å². The molecule has 0 aliphatic carbocycles. The van der Waals surface area contributed by atoms with Gasteiger partial charge in [-0.05, 0) is 19.9 Å².